The highest BCUT2D eigenvalue weighted by Crippen LogP contribution is 2.33. The summed E-state index contributed by atoms with van der Waals surface area (Å²) < 4.78 is 5.91. The lowest BCUT2D eigenvalue weighted by atomic mass is 9.89. The molecule has 22 heavy (non-hydrogen) atoms. The molecule has 1 aromatic rings. The predicted octanol–water partition coefficient (Wildman–Crippen LogP) is 2.31. The van der Waals surface area contributed by atoms with Gasteiger partial charge in [-0.25, -0.2) is 0 Å². The summed E-state index contributed by atoms with van der Waals surface area (Å²) in [6, 6.07) is 5.35. The van der Waals surface area contributed by atoms with Gasteiger partial charge in [0, 0.05) is 41.5 Å². The Kier molecular flexibility index (Phi) is 3.96. The first-order chi connectivity index (χ1) is 10.7. The number of fused-ring (bicyclic) bond motifs is 1. The van der Waals surface area contributed by atoms with Crippen LogP contribution in [0.25, 0.3) is 0 Å². The van der Waals surface area contributed by atoms with Crippen LogP contribution in [-0.4, -0.2) is 42.1 Å². The molecule has 3 fully saturated rings. The van der Waals surface area contributed by atoms with Crippen molar-refractivity contribution in [3.63, 3.8) is 0 Å². The van der Waals surface area contributed by atoms with Crippen LogP contribution in [0.15, 0.2) is 12.1 Å². The van der Waals surface area contributed by atoms with E-state index >= 15 is 0 Å². The van der Waals surface area contributed by atoms with E-state index in [1.165, 1.54) is 9.75 Å². The molecule has 0 aromatic carbocycles. The molecule has 0 unspecified atom stereocenters. The highest BCUT2D eigenvalue weighted by atomic mass is 32.1. The van der Waals surface area contributed by atoms with Gasteiger partial charge in [-0.05, 0) is 44.7 Å². The second-order valence-corrected chi connectivity index (χ2v) is 8.30. The molecule has 120 valence electrons. The number of carbonyl (C=O) groups excluding carboxylic acids is 1. The Balaban J connectivity index is 1.46. The predicted molar refractivity (Wildman–Crippen MR) is 86.9 cm³/mol. The summed E-state index contributed by atoms with van der Waals surface area (Å²) in [5.41, 5.74) is 0. The van der Waals surface area contributed by atoms with Crippen LogP contribution in [0.2, 0.25) is 0 Å². The van der Waals surface area contributed by atoms with E-state index in [9.17, 15) is 4.79 Å². The summed E-state index contributed by atoms with van der Waals surface area (Å²) in [4.78, 5) is 17.7. The number of likely N-dealkylation sites (tertiary alicyclic amines) is 1. The van der Waals surface area contributed by atoms with Gasteiger partial charge in [0.2, 0.25) is 5.91 Å². The molecule has 1 N–H and O–H groups in total. The number of hydrogen-bond donors (Lipinski definition) is 1. The fraction of sp³-hybridized carbons (Fsp3) is 0.706. The van der Waals surface area contributed by atoms with Crippen LogP contribution in [-0.2, 0) is 16.1 Å². The van der Waals surface area contributed by atoms with Gasteiger partial charge in [-0.2, -0.15) is 0 Å². The minimum Gasteiger partial charge on any atom is -0.377 e. The molecule has 3 atom stereocenters. The lowest BCUT2D eigenvalue weighted by molar-refractivity contribution is -0.129. The fourth-order valence-electron chi connectivity index (χ4n) is 3.74. The van der Waals surface area contributed by atoms with E-state index in [0.717, 1.165) is 45.4 Å². The molecular weight excluding hydrogens is 296 g/mol. The van der Waals surface area contributed by atoms with Crippen molar-refractivity contribution in [2.75, 3.05) is 13.2 Å². The molecule has 2 saturated heterocycles. The minimum atomic E-state index is 0.0843. The number of carbonyl (C=O) groups is 1. The maximum absolute atomic E-state index is 12.4. The van der Waals surface area contributed by atoms with E-state index in [-0.39, 0.29) is 17.9 Å². The van der Waals surface area contributed by atoms with Crippen LogP contribution in [0.1, 0.15) is 35.4 Å². The molecule has 1 aromatic heterocycles. The zero-order valence-corrected chi connectivity index (χ0v) is 13.9. The quantitative estimate of drug-likeness (QED) is 0.926. The van der Waals surface area contributed by atoms with Gasteiger partial charge in [0.05, 0.1) is 12.0 Å². The van der Waals surface area contributed by atoms with Crippen molar-refractivity contribution in [1.29, 1.82) is 0 Å². The lowest BCUT2D eigenvalue weighted by Gasteiger charge is -2.40. The first-order valence-corrected chi connectivity index (χ1v) is 9.22. The number of nitrogens with zero attached hydrogens (tertiary/aromatic N) is 1. The van der Waals surface area contributed by atoms with Crippen molar-refractivity contribution in [2.24, 2.45) is 5.92 Å². The largest absolute Gasteiger partial charge is 0.377 e. The maximum atomic E-state index is 12.4. The third kappa shape index (κ3) is 3.07. The Labute approximate surface area is 135 Å². The number of thiophene rings is 1. The van der Waals surface area contributed by atoms with Crippen LogP contribution < -0.4 is 5.32 Å². The van der Waals surface area contributed by atoms with Crippen molar-refractivity contribution in [3.05, 3.63) is 21.9 Å². The molecule has 1 aliphatic carbocycles. The molecular formula is C17H24N2O2S. The SMILES string of the molecule is Cc1ccc(CN2C[C@H](C(=O)NC3CC3)C[C@@H]3OCC[C@H]32)s1. The standard InChI is InChI=1S/C17H24N2O2S/c1-11-2-5-14(22-11)10-19-9-12(17(20)18-13-3-4-13)8-16-15(19)6-7-21-16/h2,5,12-13,15-16H,3-4,6-10H2,1H3,(H,18,20)/t12-,15-,16+/m1/s1. The molecule has 0 radical (unpaired) electrons. The summed E-state index contributed by atoms with van der Waals surface area (Å²) in [6.45, 7) is 4.82. The molecule has 2 aliphatic heterocycles. The first-order valence-electron chi connectivity index (χ1n) is 8.40. The summed E-state index contributed by atoms with van der Waals surface area (Å²) in [7, 11) is 0. The molecule has 5 heteroatoms. The van der Waals surface area contributed by atoms with Crippen molar-refractivity contribution in [1.82, 2.24) is 10.2 Å². The molecule has 0 bridgehead atoms. The van der Waals surface area contributed by atoms with E-state index in [0.29, 0.717) is 12.1 Å². The van der Waals surface area contributed by atoms with Gasteiger partial charge >= 0.3 is 0 Å². The van der Waals surface area contributed by atoms with E-state index in [2.05, 4.69) is 29.3 Å². The van der Waals surface area contributed by atoms with Gasteiger partial charge < -0.3 is 10.1 Å². The second-order valence-electron chi connectivity index (χ2n) is 6.92. The Hall–Kier alpha value is -0.910. The Morgan fingerprint density at radius 2 is 2.27 bits per heavy atom. The van der Waals surface area contributed by atoms with Crippen LogP contribution in [0.3, 0.4) is 0 Å². The number of nitrogens with one attached hydrogen (secondary N) is 1. The maximum Gasteiger partial charge on any atom is 0.224 e. The third-order valence-electron chi connectivity index (χ3n) is 5.06. The van der Waals surface area contributed by atoms with Gasteiger partial charge in [-0.3, -0.25) is 9.69 Å². The number of aryl methyl sites for hydroxylation is 1. The van der Waals surface area contributed by atoms with Gasteiger partial charge in [-0.1, -0.05) is 0 Å². The normalized spacial score (nSPS) is 32.0. The average Bonchev–Trinajstić information content (AvgIpc) is 3.01. The van der Waals surface area contributed by atoms with E-state index in [4.69, 9.17) is 4.74 Å². The van der Waals surface area contributed by atoms with Gasteiger partial charge in [0.1, 0.15) is 0 Å². The van der Waals surface area contributed by atoms with Crippen molar-refractivity contribution in [2.45, 2.75) is 57.3 Å². The van der Waals surface area contributed by atoms with E-state index in [1.54, 1.807) is 0 Å². The Morgan fingerprint density at radius 1 is 1.41 bits per heavy atom. The van der Waals surface area contributed by atoms with Crippen molar-refractivity contribution in [3.8, 4) is 0 Å². The van der Waals surface area contributed by atoms with Crippen molar-refractivity contribution >= 4 is 17.2 Å². The second kappa shape index (κ2) is 5.95. The van der Waals surface area contributed by atoms with Crippen LogP contribution in [0.4, 0.5) is 0 Å². The van der Waals surface area contributed by atoms with E-state index < -0.39 is 0 Å². The average molecular weight is 320 g/mol. The molecule has 1 saturated carbocycles. The molecule has 0 spiro atoms. The molecule has 3 aliphatic rings. The zero-order chi connectivity index (χ0) is 15.1. The van der Waals surface area contributed by atoms with Crippen LogP contribution in [0, 0.1) is 12.8 Å². The minimum absolute atomic E-state index is 0.0843. The van der Waals surface area contributed by atoms with E-state index in [1.807, 2.05) is 11.3 Å². The molecule has 1 amide bonds. The topological polar surface area (TPSA) is 41.6 Å². The summed E-state index contributed by atoms with van der Waals surface area (Å²) in [6.07, 6.45) is 4.54. The molecule has 3 heterocycles. The highest BCUT2D eigenvalue weighted by molar-refractivity contribution is 7.11. The summed E-state index contributed by atoms with van der Waals surface area (Å²) in [5, 5.41) is 3.17. The Morgan fingerprint density at radius 3 is 3.00 bits per heavy atom. The van der Waals surface area contributed by atoms with Crippen LogP contribution >= 0.6 is 11.3 Å². The number of rotatable bonds is 4. The number of amides is 1. The smallest absolute Gasteiger partial charge is 0.224 e. The number of piperidine rings is 1. The molecule has 4 nitrogen and oxygen atoms in total. The monoisotopic (exact) mass is 320 g/mol. The fourth-order valence-corrected chi connectivity index (χ4v) is 4.66. The highest BCUT2D eigenvalue weighted by Gasteiger charge is 2.42. The zero-order valence-electron chi connectivity index (χ0n) is 13.1. The van der Waals surface area contributed by atoms with Gasteiger partial charge in [0.15, 0.2) is 0 Å². The molecule has 4 rings (SSSR count). The lowest BCUT2D eigenvalue weighted by Crippen LogP contribution is -2.52. The van der Waals surface area contributed by atoms with Crippen molar-refractivity contribution < 1.29 is 9.53 Å². The Bertz CT molecular complexity index is 555. The van der Waals surface area contributed by atoms with Gasteiger partial charge in [-0.15, -0.1) is 11.3 Å². The first kappa shape index (κ1) is 14.7. The van der Waals surface area contributed by atoms with Gasteiger partial charge in [0.25, 0.3) is 0 Å². The summed E-state index contributed by atoms with van der Waals surface area (Å²) in [5.74, 6) is 0.324. The van der Waals surface area contributed by atoms with Crippen LogP contribution in [0.5, 0.6) is 0 Å². The number of hydrogen-bond acceptors (Lipinski definition) is 4. The summed E-state index contributed by atoms with van der Waals surface area (Å²) >= 11 is 1.86. The third-order valence-corrected chi connectivity index (χ3v) is 6.05. The number of ether oxygens (including phenoxy) is 1.